The Morgan fingerprint density at radius 3 is 2.40 bits per heavy atom. The van der Waals surface area contributed by atoms with Crippen LogP contribution in [0.5, 0.6) is 0 Å². The third kappa shape index (κ3) is 3.49. The Morgan fingerprint density at radius 2 is 1.80 bits per heavy atom. The maximum absolute atomic E-state index is 10.0. The van der Waals surface area contributed by atoms with Gasteiger partial charge in [-0.05, 0) is 40.5 Å². The molecule has 1 heterocycles. The van der Waals surface area contributed by atoms with Crippen molar-refractivity contribution in [2.24, 2.45) is 4.99 Å². The first-order valence-electron chi connectivity index (χ1n) is 5.87. The molecule has 0 bridgehead atoms. The highest BCUT2D eigenvalue weighted by molar-refractivity contribution is 5.83. The second kappa shape index (κ2) is 4.52. The minimum atomic E-state index is -0.748. The van der Waals surface area contributed by atoms with Crippen molar-refractivity contribution in [2.75, 3.05) is 6.54 Å². The van der Waals surface area contributed by atoms with Crippen LogP contribution < -0.4 is 5.32 Å². The first-order valence-corrected chi connectivity index (χ1v) is 5.87. The Bertz CT molecular complexity index is 238. The Balaban J connectivity index is 2.63. The number of rotatable bonds is 2. The predicted molar refractivity (Wildman–Crippen MR) is 64.3 cm³/mol. The largest absolute Gasteiger partial charge is 0.388 e. The lowest BCUT2D eigenvalue weighted by Gasteiger charge is -2.39. The van der Waals surface area contributed by atoms with E-state index in [1.54, 1.807) is 0 Å². The van der Waals surface area contributed by atoms with Crippen molar-refractivity contribution in [1.29, 1.82) is 0 Å². The lowest BCUT2D eigenvalue weighted by Crippen LogP contribution is -2.57. The lowest BCUT2D eigenvalue weighted by atomic mass is 9.86. The third-order valence-corrected chi connectivity index (χ3v) is 3.36. The summed E-state index contributed by atoms with van der Waals surface area (Å²) in [6.45, 7) is 8.61. The Morgan fingerprint density at radius 1 is 1.13 bits per heavy atom. The average molecular weight is 212 g/mol. The van der Waals surface area contributed by atoms with Crippen molar-refractivity contribution < 1.29 is 5.11 Å². The highest BCUT2D eigenvalue weighted by Crippen LogP contribution is 2.21. The first-order chi connectivity index (χ1) is 6.83. The molecule has 0 spiro atoms. The molecule has 3 heteroatoms. The predicted octanol–water partition coefficient (Wildman–Crippen LogP) is 2.10. The Labute approximate surface area is 93.0 Å². The van der Waals surface area contributed by atoms with E-state index in [-0.39, 0.29) is 5.54 Å². The molecule has 0 saturated carbocycles. The molecule has 0 aromatic heterocycles. The molecule has 1 aliphatic rings. The zero-order valence-corrected chi connectivity index (χ0v) is 10.4. The van der Waals surface area contributed by atoms with E-state index in [9.17, 15) is 5.11 Å². The van der Waals surface area contributed by atoms with E-state index < -0.39 is 5.60 Å². The van der Waals surface area contributed by atoms with Crippen LogP contribution in [0.25, 0.3) is 0 Å². The summed E-state index contributed by atoms with van der Waals surface area (Å²) >= 11 is 0. The molecular weight excluding hydrogens is 188 g/mol. The van der Waals surface area contributed by atoms with Crippen molar-refractivity contribution in [3.63, 3.8) is 0 Å². The van der Waals surface area contributed by atoms with Gasteiger partial charge in [0.05, 0.1) is 17.0 Å². The maximum Gasteiger partial charge on any atom is 0.0968 e. The maximum atomic E-state index is 10.0. The number of amidine groups is 1. The van der Waals surface area contributed by atoms with Gasteiger partial charge in [0.15, 0.2) is 0 Å². The molecule has 1 aliphatic heterocycles. The Hall–Kier alpha value is -0.570. The van der Waals surface area contributed by atoms with Gasteiger partial charge in [0.25, 0.3) is 0 Å². The lowest BCUT2D eigenvalue weighted by molar-refractivity contribution is 0.00440. The number of aliphatic imine (C=N–C) groups is 1. The van der Waals surface area contributed by atoms with Gasteiger partial charge in [0.2, 0.25) is 0 Å². The summed E-state index contributed by atoms with van der Waals surface area (Å²) < 4.78 is 0. The summed E-state index contributed by atoms with van der Waals surface area (Å²) in [5.74, 6) is 1.06. The molecule has 0 aromatic rings. The SMILES string of the molecule is CC(C)(O)C(C)(C)NC1=NCCCCC1. The quantitative estimate of drug-likeness (QED) is 0.736. The number of nitrogens with zero attached hydrogens (tertiary/aromatic N) is 1. The van der Waals surface area contributed by atoms with E-state index in [0.29, 0.717) is 0 Å². The first kappa shape index (κ1) is 12.5. The molecule has 0 aliphatic carbocycles. The number of hydrogen-bond acceptors (Lipinski definition) is 3. The van der Waals surface area contributed by atoms with E-state index in [0.717, 1.165) is 18.8 Å². The molecular formula is C12H24N2O. The summed E-state index contributed by atoms with van der Waals surface area (Å²) in [6, 6.07) is 0. The van der Waals surface area contributed by atoms with Gasteiger partial charge < -0.3 is 10.4 Å². The van der Waals surface area contributed by atoms with Gasteiger partial charge in [0.1, 0.15) is 0 Å². The van der Waals surface area contributed by atoms with E-state index in [4.69, 9.17) is 0 Å². The molecule has 3 nitrogen and oxygen atoms in total. The molecule has 0 aromatic carbocycles. The minimum absolute atomic E-state index is 0.337. The molecule has 0 saturated heterocycles. The van der Waals surface area contributed by atoms with Crippen molar-refractivity contribution >= 4 is 5.84 Å². The highest BCUT2D eigenvalue weighted by atomic mass is 16.3. The Kier molecular flexibility index (Phi) is 3.77. The topological polar surface area (TPSA) is 44.6 Å². The van der Waals surface area contributed by atoms with E-state index >= 15 is 0 Å². The normalized spacial score (nSPS) is 19.4. The molecule has 0 radical (unpaired) electrons. The van der Waals surface area contributed by atoms with Crippen LogP contribution in [0.3, 0.4) is 0 Å². The standard InChI is InChI=1S/C12H24N2O/c1-11(2,12(3,4)15)14-10-8-6-5-7-9-13-10/h15H,5-9H2,1-4H3,(H,13,14). The van der Waals surface area contributed by atoms with Gasteiger partial charge in [-0.2, -0.15) is 0 Å². The van der Waals surface area contributed by atoms with Crippen LogP contribution in [-0.2, 0) is 0 Å². The monoisotopic (exact) mass is 212 g/mol. The van der Waals surface area contributed by atoms with Crippen LogP contribution >= 0.6 is 0 Å². The molecule has 2 N–H and O–H groups in total. The summed E-state index contributed by atoms with van der Waals surface area (Å²) in [4.78, 5) is 4.52. The van der Waals surface area contributed by atoms with Gasteiger partial charge in [-0.25, -0.2) is 0 Å². The van der Waals surface area contributed by atoms with Crippen molar-refractivity contribution in [3.05, 3.63) is 0 Å². The van der Waals surface area contributed by atoms with Gasteiger partial charge in [-0.1, -0.05) is 6.42 Å². The second-order valence-electron chi connectivity index (χ2n) is 5.45. The van der Waals surface area contributed by atoms with Crippen molar-refractivity contribution in [3.8, 4) is 0 Å². The summed E-state index contributed by atoms with van der Waals surface area (Å²) in [5, 5.41) is 13.4. The van der Waals surface area contributed by atoms with E-state index in [2.05, 4.69) is 10.3 Å². The molecule has 0 fully saturated rings. The molecule has 0 atom stereocenters. The van der Waals surface area contributed by atoms with Crippen LogP contribution in [-0.4, -0.2) is 28.6 Å². The summed E-state index contributed by atoms with van der Waals surface area (Å²) in [6.07, 6.45) is 4.67. The third-order valence-electron chi connectivity index (χ3n) is 3.36. The average Bonchev–Trinajstić information content (AvgIpc) is 2.30. The number of hydrogen-bond donors (Lipinski definition) is 2. The van der Waals surface area contributed by atoms with Crippen LogP contribution in [0.1, 0.15) is 53.4 Å². The van der Waals surface area contributed by atoms with Gasteiger partial charge in [-0.3, -0.25) is 4.99 Å². The fourth-order valence-corrected chi connectivity index (χ4v) is 1.49. The summed E-state index contributed by atoms with van der Waals surface area (Å²) in [5.41, 5.74) is -1.09. The molecule has 0 unspecified atom stereocenters. The van der Waals surface area contributed by atoms with Gasteiger partial charge in [-0.15, -0.1) is 0 Å². The highest BCUT2D eigenvalue weighted by Gasteiger charge is 2.35. The van der Waals surface area contributed by atoms with Crippen LogP contribution in [0, 0.1) is 0 Å². The van der Waals surface area contributed by atoms with Crippen LogP contribution in [0.2, 0.25) is 0 Å². The smallest absolute Gasteiger partial charge is 0.0968 e. The van der Waals surface area contributed by atoms with Gasteiger partial charge >= 0.3 is 0 Å². The van der Waals surface area contributed by atoms with Crippen LogP contribution in [0.15, 0.2) is 4.99 Å². The number of nitrogens with one attached hydrogen (secondary N) is 1. The fraction of sp³-hybridized carbons (Fsp3) is 0.917. The fourth-order valence-electron chi connectivity index (χ4n) is 1.49. The second-order valence-corrected chi connectivity index (χ2v) is 5.45. The van der Waals surface area contributed by atoms with Gasteiger partial charge in [0, 0.05) is 13.0 Å². The van der Waals surface area contributed by atoms with Crippen LogP contribution in [0.4, 0.5) is 0 Å². The van der Waals surface area contributed by atoms with E-state index in [1.807, 2.05) is 27.7 Å². The van der Waals surface area contributed by atoms with E-state index in [1.165, 1.54) is 19.3 Å². The van der Waals surface area contributed by atoms with Crippen molar-refractivity contribution in [2.45, 2.75) is 64.5 Å². The summed E-state index contributed by atoms with van der Waals surface area (Å²) in [7, 11) is 0. The minimum Gasteiger partial charge on any atom is -0.388 e. The molecule has 88 valence electrons. The molecule has 15 heavy (non-hydrogen) atoms. The molecule has 1 rings (SSSR count). The molecule has 0 amide bonds. The van der Waals surface area contributed by atoms with Crippen molar-refractivity contribution in [1.82, 2.24) is 5.32 Å². The number of aliphatic hydroxyl groups is 1. The zero-order chi connectivity index (χ0) is 11.5. The zero-order valence-electron chi connectivity index (χ0n) is 10.4.